The molecule has 0 amide bonds. The number of aromatic nitrogens is 1. The smallest absolute Gasteiger partial charge is 0.342 e. The zero-order valence-corrected chi connectivity index (χ0v) is 16.6. The lowest BCUT2D eigenvalue weighted by Crippen LogP contribution is -2.15. The van der Waals surface area contributed by atoms with Gasteiger partial charge in [-0.05, 0) is 31.0 Å². The predicted octanol–water partition coefficient (Wildman–Crippen LogP) is 4.63. The van der Waals surface area contributed by atoms with Gasteiger partial charge in [0.15, 0.2) is 12.4 Å². The van der Waals surface area contributed by atoms with Gasteiger partial charge in [-0.2, -0.15) is 0 Å². The second-order valence-electron chi connectivity index (χ2n) is 6.19. The summed E-state index contributed by atoms with van der Waals surface area (Å²) in [6.45, 7) is 3.92. The van der Waals surface area contributed by atoms with Crippen LogP contribution in [-0.4, -0.2) is 23.3 Å². The van der Waals surface area contributed by atoms with Crippen molar-refractivity contribution >= 4 is 23.1 Å². The van der Waals surface area contributed by atoms with Gasteiger partial charge in [0, 0.05) is 10.9 Å². The largest absolute Gasteiger partial charge is 0.486 e. The highest BCUT2D eigenvalue weighted by Gasteiger charge is 2.16. The van der Waals surface area contributed by atoms with Crippen molar-refractivity contribution in [3.05, 3.63) is 81.3 Å². The minimum absolute atomic E-state index is 0.243. The van der Waals surface area contributed by atoms with Gasteiger partial charge in [-0.3, -0.25) is 4.79 Å². The number of nitrogens with zero attached hydrogens (tertiary/aromatic N) is 1. The Morgan fingerprint density at radius 1 is 1.07 bits per heavy atom. The monoisotopic (exact) mass is 395 g/mol. The van der Waals surface area contributed by atoms with Gasteiger partial charge in [0.05, 0.1) is 10.7 Å². The molecule has 0 saturated heterocycles. The number of ketones is 1. The van der Waals surface area contributed by atoms with Crippen LogP contribution in [-0.2, 0) is 17.8 Å². The van der Waals surface area contributed by atoms with Crippen molar-refractivity contribution in [3.63, 3.8) is 0 Å². The average molecular weight is 395 g/mol. The van der Waals surface area contributed by atoms with Crippen molar-refractivity contribution in [3.8, 4) is 5.75 Å². The summed E-state index contributed by atoms with van der Waals surface area (Å²) in [4.78, 5) is 29.0. The fourth-order valence-electron chi connectivity index (χ4n) is 2.61. The summed E-state index contributed by atoms with van der Waals surface area (Å²) in [6, 6.07) is 14.1. The van der Waals surface area contributed by atoms with E-state index >= 15 is 0 Å². The number of ether oxygens (including phenoxy) is 2. The summed E-state index contributed by atoms with van der Waals surface area (Å²) in [5.41, 5.74) is 2.75. The van der Waals surface area contributed by atoms with Crippen molar-refractivity contribution in [2.75, 3.05) is 6.61 Å². The second-order valence-corrected chi connectivity index (χ2v) is 7.25. The van der Waals surface area contributed by atoms with Gasteiger partial charge in [0.1, 0.15) is 17.9 Å². The third-order valence-electron chi connectivity index (χ3n) is 4.17. The summed E-state index contributed by atoms with van der Waals surface area (Å²) < 4.78 is 10.9. The van der Waals surface area contributed by atoms with E-state index in [0.29, 0.717) is 11.3 Å². The Kier molecular flexibility index (Phi) is 6.55. The van der Waals surface area contributed by atoms with Crippen LogP contribution in [0.5, 0.6) is 5.75 Å². The van der Waals surface area contributed by atoms with E-state index in [2.05, 4.69) is 4.98 Å². The van der Waals surface area contributed by atoms with E-state index in [-0.39, 0.29) is 24.6 Å². The van der Waals surface area contributed by atoms with Crippen molar-refractivity contribution in [2.45, 2.75) is 26.9 Å². The zero-order chi connectivity index (χ0) is 19.9. The van der Waals surface area contributed by atoms with Gasteiger partial charge in [0.2, 0.25) is 0 Å². The number of aryl methyl sites for hydroxylation is 2. The molecule has 5 nitrogen and oxygen atoms in total. The molecule has 1 heterocycles. The number of esters is 1. The fourth-order valence-corrected chi connectivity index (χ4v) is 3.20. The summed E-state index contributed by atoms with van der Waals surface area (Å²) in [5.74, 6) is -0.436. The normalized spacial score (nSPS) is 10.5. The first-order valence-corrected chi connectivity index (χ1v) is 9.87. The minimum atomic E-state index is -0.594. The van der Waals surface area contributed by atoms with Crippen molar-refractivity contribution in [1.29, 1.82) is 0 Å². The third kappa shape index (κ3) is 5.04. The number of benzene rings is 2. The first-order valence-electron chi connectivity index (χ1n) is 8.99. The Morgan fingerprint density at radius 3 is 2.50 bits per heavy atom. The van der Waals surface area contributed by atoms with Crippen LogP contribution in [0.15, 0.2) is 53.9 Å². The second kappa shape index (κ2) is 9.28. The predicted molar refractivity (Wildman–Crippen MR) is 108 cm³/mol. The molecule has 0 saturated carbocycles. The molecule has 0 bridgehead atoms. The van der Waals surface area contributed by atoms with E-state index in [1.165, 1.54) is 0 Å². The van der Waals surface area contributed by atoms with E-state index < -0.39 is 5.97 Å². The number of carbonyl (C=O) groups excluding carboxylic acids is 2. The minimum Gasteiger partial charge on any atom is -0.486 e. The molecule has 0 aliphatic heterocycles. The number of hydrogen-bond donors (Lipinski definition) is 0. The van der Waals surface area contributed by atoms with Gasteiger partial charge >= 0.3 is 5.97 Å². The molecule has 0 aliphatic rings. The molecular formula is C22H21NO4S. The fraction of sp³-hybridized carbons (Fsp3) is 0.227. The van der Waals surface area contributed by atoms with Crippen LogP contribution in [0.1, 0.15) is 43.9 Å². The average Bonchev–Trinajstić information content (AvgIpc) is 3.15. The number of hydrogen-bond acceptors (Lipinski definition) is 6. The van der Waals surface area contributed by atoms with Crippen LogP contribution in [0.4, 0.5) is 0 Å². The summed E-state index contributed by atoms with van der Waals surface area (Å²) >= 11 is 1.54. The molecule has 3 aromatic rings. The molecule has 0 radical (unpaired) electrons. The van der Waals surface area contributed by atoms with E-state index in [1.54, 1.807) is 47.7 Å². The lowest BCUT2D eigenvalue weighted by atomic mass is 10.1. The highest BCUT2D eigenvalue weighted by atomic mass is 32.1. The first-order chi connectivity index (χ1) is 13.6. The summed E-state index contributed by atoms with van der Waals surface area (Å²) in [5, 5.41) is 2.87. The maximum absolute atomic E-state index is 12.4. The Balaban J connectivity index is 1.61. The van der Waals surface area contributed by atoms with Crippen molar-refractivity contribution in [2.24, 2.45) is 0 Å². The van der Waals surface area contributed by atoms with E-state index in [0.717, 1.165) is 22.7 Å². The molecule has 6 heteroatoms. The van der Waals surface area contributed by atoms with Gasteiger partial charge in [-0.1, -0.05) is 43.3 Å². The molecule has 0 N–H and O–H groups in total. The first kappa shape index (κ1) is 19.8. The maximum Gasteiger partial charge on any atom is 0.342 e. The van der Waals surface area contributed by atoms with Crippen LogP contribution in [0, 0.1) is 6.92 Å². The molecule has 0 fully saturated rings. The maximum atomic E-state index is 12.4. The van der Waals surface area contributed by atoms with Gasteiger partial charge in [-0.15, -0.1) is 11.3 Å². The van der Waals surface area contributed by atoms with E-state index in [9.17, 15) is 9.59 Å². The van der Waals surface area contributed by atoms with E-state index in [4.69, 9.17) is 9.47 Å². The van der Waals surface area contributed by atoms with Gasteiger partial charge in [0.25, 0.3) is 0 Å². The molecular weight excluding hydrogens is 374 g/mol. The number of rotatable bonds is 8. The Morgan fingerprint density at radius 2 is 1.82 bits per heavy atom. The topological polar surface area (TPSA) is 65.5 Å². The Labute approximate surface area is 168 Å². The number of Topliss-reactive ketones (excluding diaryl/α,β-unsaturated/α-hetero) is 1. The molecule has 144 valence electrons. The third-order valence-corrected chi connectivity index (χ3v) is 4.99. The molecule has 0 spiro atoms. The highest BCUT2D eigenvalue weighted by molar-refractivity contribution is 7.09. The Hall–Kier alpha value is -2.99. The number of carbonyl (C=O) groups is 2. The lowest BCUT2D eigenvalue weighted by molar-refractivity contribution is 0.0470. The molecule has 0 atom stereocenters. The van der Waals surface area contributed by atoms with Crippen LogP contribution in [0.3, 0.4) is 0 Å². The van der Waals surface area contributed by atoms with Crippen LogP contribution in [0.25, 0.3) is 0 Å². The molecule has 28 heavy (non-hydrogen) atoms. The van der Waals surface area contributed by atoms with Crippen LogP contribution in [0.2, 0.25) is 0 Å². The van der Waals surface area contributed by atoms with Crippen molar-refractivity contribution < 1.29 is 19.1 Å². The van der Waals surface area contributed by atoms with Gasteiger partial charge in [-0.25, -0.2) is 9.78 Å². The van der Waals surface area contributed by atoms with Crippen LogP contribution >= 0.6 is 11.3 Å². The molecule has 1 aromatic heterocycles. The number of para-hydroxylation sites is 1. The molecule has 0 aliphatic carbocycles. The summed E-state index contributed by atoms with van der Waals surface area (Å²) in [6.07, 6.45) is 0.903. The van der Waals surface area contributed by atoms with Crippen molar-refractivity contribution in [1.82, 2.24) is 4.98 Å². The van der Waals surface area contributed by atoms with Crippen LogP contribution < -0.4 is 4.74 Å². The highest BCUT2D eigenvalue weighted by Crippen LogP contribution is 2.21. The molecule has 0 unspecified atom stereocenters. The quantitative estimate of drug-likeness (QED) is 0.411. The molecule has 2 aromatic carbocycles. The SMILES string of the molecule is CCc1ccc(C(=O)COC(=O)c2ccccc2OCc2csc(C)n2)cc1. The number of thiazole rings is 1. The summed E-state index contributed by atoms with van der Waals surface area (Å²) in [7, 11) is 0. The van der Waals surface area contributed by atoms with E-state index in [1.807, 2.05) is 31.4 Å². The Bertz CT molecular complexity index is 963. The zero-order valence-electron chi connectivity index (χ0n) is 15.8. The van der Waals surface area contributed by atoms with Gasteiger partial charge < -0.3 is 9.47 Å². The molecule has 3 rings (SSSR count). The lowest BCUT2D eigenvalue weighted by Gasteiger charge is -2.10. The standard InChI is InChI=1S/C22H21NO4S/c1-3-16-8-10-17(11-9-16)20(24)13-27-22(25)19-6-4-5-7-21(19)26-12-18-14-28-15(2)23-18/h4-11,14H,3,12-13H2,1-2H3.